The summed E-state index contributed by atoms with van der Waals surface area (Å²) in [5.74, 6) is 0.939. The summed E-state index contributed by atoms with van der Waals surface area (Å²) in [7, 11) is 0. The van der Waals surface area contributed by atoms with Crippen LogP contribution in [-0.2, 0) is 0 Å². The molecule has 1 fully saturated rings. The lowest BCUT2D eigenvalue weighted by Gasteiger charge is -2.16. The zero-order chi connectivity index (χ0) is 16.7. The molecule has 0 bridgehead atoms. The number of rotatable bonds is 2. The summed E-state index contributed by atoms with van der Waals surface area (Å²) >= 11 is 0. The number of aryl methyl sites for hydroxylation is 1. The van der Waals surface area contributed by atoms with Crippen molar-refractivity contribution < 1.29 is 4.79 Å². The van der Waals surface area contributed by atoms with Crippen LogP contribution in [0, 0.1) is 6.92 Å². The highest BCUT2D eigenvalue weighted by molar-refractivity contribution is 5.94. The van der Waals surface area contributed by atoms with Crippen molar-refractivity contribution in [3.63, 3.8) is 0 Å². The lowest BCUT2D eigenvalue weighted by molar-refractivity contribution is 0.0788. The molecule has 4 rings (SSSR count). The van der Waals surface area contributed by atoms with Gasteiger partial charge in [0.1, 0.15) is 5.82 Å². The molecule has 2 aromatic heterocycles. The van der Waals surface area contributed by atoms with Crippen LogP contribution in [0.15, 0.2) is 48.7 Å². The first-order chi connectivity index (χ1) is 11.6. The summed E-state index contributed by atoms with van der Waals surface area (Å²) in [4.78, 5) is 14.7. The van der Waals surface area contributed by atoms with E-state index in [2.05, 4.69) is 22.3 Å². The highest BCUT2D eigenvalue weighted by Gasteiger charge is 2.34. The number of hydrogen-bond acceptors (Lipinski definition) is 4. The Morgan fingerprint density at radius 1 is 1.12 bits per heavy atom. The molecule has 0 radical (unpaired) electrons. The smallest absolute Gasteiger partial charge is 0.255 e. The topological polar surface area (TPSA) is 76.5 Å². The third kappa shape index (κ3) is 2.45. The van der Waals surface area contributed by atoms with Crippen LogP contribution < -0.4 is 5.73 Å². The zero-order valence-electron chi connectivity index (χ0n) is 13.5. The molecule has 0 saturated carbocycles. The van der Waals surface area contributed by atoms with E-state index in [0.29, 0.717) is 18.7 Å². The molecule has 24 heavy (non-hydrogen) atoms. The molecule has 1 saturated heterocycles. The minimum Gasteiger partial charge on any atom is -0.336 e. The number of benzene rings is 1. The third-order valence-corrected chi connectivity index (χ3v) is 4.70. The van der Waals surface area contributed by atoms with Crippen LogP contribution in [0.25, 0.3) is 5.65 Å². The molecule has 0 aliphatic carbocycles. The van der Waals surface area contributed by atoms with Gasteiger partial charge in [-0.2, -0.15) is 0 Å². The molecular formula is C18H19N5O. The highest BCUT2D eigenvalue weighted by Crippen LogP contribution is 2.27. The average molecular weight is 321 g/mol. The van der Waals surface area contributed by atoms with E-state index in [1.165, 1.54) is 5.56 Å². The van der Waals surface area contributed by atoms with Crippen molar-refractivity contribution in [2.24, 2.45) is 5.73 Å². The van der Waals surface area contributed by atoms with Crippen molar-refractivity contribution >= 4 is 11.6 Å². The first-order valence-electron chi connectivity index (χ1n) is 8.04. The van der Waals surface area contributed by atoms with Crippen LogP contribution in [0.4, 0.5) is 0 Å². The van der Waals surface area contributed by atoms with Crippen molar-refractivity contribution in [2.45, 2.75) is 18.9 Å². The maximum atomic E-state index is 12.9. The molecule has 0 unspecified atom stereocenters. The lowest BCUT2D eigenvalue weighted by atomic mass is 9.95. The Hall–Kier alpha value is -2.73. The Morgan fingerprint density at radius 3 is 2.71 bits per heavy atom. The molecule has 0 spiro atoms. The summed E-state index contributed by atoms with van der Waals surface area (Å²) in [6.07, 6.45) is 1.80. The summed E-state index contributed by atoms with van der Waals surface area (Å²) in [5.41, 5.74) is 8.85. The second-order valence-electron chi connectivity index (χ2n) is 6.28. The number of carbonyl (C=O) groups excluding carboxylic acids is 1. The van der Waals surface area contributed by atoms with E-state index < -0.39 is 0 Å². The molecule has 1 aliphatic rings. The van der Waals surface area contributed by atoms with Crippen molar-refractivity contribution in [2.75, 3.05) is 13.1 Å². The molecule has 1 aromatic carbocycles. The normalized spacial score (nSPS) is 20.7. The van der Waals surface area contributed by atoms with E-state index in [1.807, 2.05) is 40.5 Å². The van der Waals surface area contributed by atoms with E-state index in [1.54, 1.807) is 12.3 Å². The first kappa shape index (κ1) is 14.8. The Labute approximate surface area is 139 Å². The van der Waals surface area contributed by atoms with Gasteiger partial charge in [-0.1, -0.05) is 30.3 Å². The van der Waals surface area contributed by atoms with Gasteiger partial charge in [-0.25, -0.2) is 0 Å². The Kier molecular flexibility index (Phi) is 3.54. The number of pyridine rings is 1. The molecule has 3 aromatic rings. The quantitative estimate of drug-likeness (QED) is 0.778. The van der Waals surface area contributed by atoms with Crippen LogP contribution >= 0.6 is 0 Å². The number of likely N-dealkylation sites (tertiary alicyclic amines) is 1. The second kappa shape index (κ2) is 5.72. The van der Waals surface area contributed by atoms with Crippen molar-refractivity contribution in [1.82, 2.24) is 19.5 Å². The molecule has 2 atom stereocenters. The Bertz CT molecular complexity index is 889. The minimum atomic E-state index is -0.0447. The number of nitrogens with zero attached hydrogens (tertiary/aromatic N) is 4. The number of amides is 1. The lowest BCUT2D eigenvalue weighted by Crippen LogP contribution is -2.32. The van der Waals surface area contributed by atoms with Crippen LogP contribution in [0.3, 0.4) is 0 Å². The summed E-state index contributed by atoms with van der Waals surface area (Å²) < 4.78 is 1.83. The average Bonchev–Trinajstić information content (AvgIpc) is 3.18. The Balaban J connectivity index is 1.59. The standard InChI is InChI=1S/C18H19N5O/c1-12-20-21-17-8-7-14(9-23(12)17)18(24)22-10-15(16(19)11-22)13-5-3-2-4-6-13/h2-9,15-16H,10-11,19H2,1H3/t15-,16+/m0/s1. The van der Waals surface area contributed by atoms with Gasteiger partial charge < -0.3 is 10.6 Å². The predicted molar refractivity (Wildman–Crippen MR) is 90.8 cm³/mol. The minimum absolute atomic E-state index is 0.00104. The van der Waals surface area contributed by atoms with E-state index in [-0.39, 0.29) is 17.9 Å². The van der Waals surface area contributed by atoms with E-state index in [4.69, 9.17) is 5.73 Å². The molecule has 122 valence electrons. The number of hydrogen-bond donors (Lipinski definition) is 1. The van der Waals surface area contributed by atoms with Crippen molar-refractivity contribution in [3.05, 3.63) is 65.6 Å². The Morgan fingerprint density at radius 2 is 1.92 bits per heavy atom. The number of aromatic nitrogens is 3. The molecule has 1 amide bonds. The van der Waals surface area contributed by atoms with Gasteiger partial charge in [0.2, 0.25) is 0 Å². The van der Waals surface area contributed by atoms with Crippen LogP contribution in [0.1, 0.15) is 27.7 Å². The summed E-state index contributed by atoms with van der Waals surface area (Å²) in [5, 5.41) is 8.07. The molecule has 6 nitrogen and oxygen atoms in total. The highest BCUT2D eigenvalue weighted by atomic mass is 16.2. The third-order valence-electron chi connectivity index (χ3n) is 4.70. The number of carbonyl (C=O) groups is 1. The van der Waals surface area contributed by atoms with Gasteiger partial charge in [0.25, 0.3) is 5.91 Å². The van der Waals surface area contributed by atoms with Gasteiger partial charge in [0.05, 0.1) is 5.56 Å². The second-order valence-corrected chi connectivity index (χ2v) is 6.28. The van der Waals surface area contributed by atoms with E-state index in [0.717, 1.165) is 11.5 Å². The zero-order valence-corrected chi connectivity index (χ0v) is 13.5. The fraction of sp³-hybridized carbons (Fsp3) is 0.278. The summed E-state index contributed by atoms with van der Waals surface area (Å²) in [6.45, 7) is 3.08. The van der Waals surface area contributed by atoms with E-state index in [9.17, 15) is 4.79 Å². The van der Waals surface area contributed by atoms with Gasteiger partial charge in [0, 0.05) is 31.2 Å². The van der Waals surface area contributed by atoms with Gasteiger partial charge >= 0.3 is 0 Å². The van der Waals surface area contributed by atoms with Gasteiger partial charge in [-0.15, -0.1) is 10.2 Å². The number of nitrogens with two attached hydrogens (primary N) is 1. The van der Waals surface area contributed by atoms with Crippen LogP contribution in [-0.4, -0.2) is 44.5 Å². The molecular weight excluding hydrogens is 302 g/mol. The molecule has 1 aliphatic heterocycles. The number of fused-ring (bicyclic) bond motifs is 1. The molecule has 6 heteroatoms. The maximum Gasteiger partial charge on any atom is 0.255 e. The van der Waals surface area contributed by atoms with Gasteiger partial charge in [-0.3, -0.25) is 9.20 Å². The first-order valence-corrected chi connectivity index (χ1v) is 8.04. The SMILES string of the molecule is Cc1nnc2ccc(C(=O)N3C[C@@H](N)[C@H](c4ccccc4)C3)cn12. The van der Waals surface area contributed by atoms with E-state index >= 15 is 0 Å². The fourth-order valence-electron chi connectivity index (χ4n) is 3.36. The summed E-state index contributed by atoms with van der Waals surface area (Å²) in [6, 6.07) is 13.7. The van der Waals surface area contributed by atoms with Crippen molar-refractivity contribution in [1.29, 1.82) is 0 Å². The van der Waals surface area contributed by atoms with Crippen LogP contribution in [0.2, 0.25) is 0 Å². The monoisotopic (exact) mass is 321 g/mol. The van der Waals surface area contributed by atoms with Gasteiger partial charge in [0.15, 0.2) is 5.65 Å². The maximum absolute atomic E-state index is 12.9. The predicted octanol–water partition coefficient (Wildman–Crippen LogP) is 1.60. The fourth-order valence-corrected chi connectivity index (χ4v) is 3.36. The van der Waals surface area contributed by atoms with Gasteiger partial charge in [-0.05, 0) is 24.6 Å². The van der Waals surface area contributed by atoms with Crippen LogP contribution in [0.5, 0.6) is 0 Å². The molecule has 2 N–H and O–H groups in total. The van der Waals surface area contributed by atoms with Crippen molar-refractivity contribution in [3.8, 4) is 0 Å². The largest absolute Gasteiger partial charge is 0.336 e. The molecule has 3 heterocycles.